The molecule has 0 saturated heterocycles. The van der Waals surface area contributed by atoms with Gasteiger partial charge in [0, 0.05) is 17.2 Å². The first kappa shape index (κ1) is 16.5. The van der Waals surface area contributed by atoms with Crippen molar-refractivity contribution < 1.29 is 14.2 Å². The monoisotopic (exact) mass is 330 g/mol. The molecule has 0 aliphatic rings. The van der Waals surface area contributed by atoms with Crippen LogP contribution in [0.3, 0.4) is 0 Å². The number of azide groups is 1. The van der Waals surface area contributed by atoms with Crippen molar-refractivity contribution in [3.8, 4) is 0 Å². The molecule has 0 amide bonds. The molecule has 0 heterocycles. The Bertz CT molecular complexity index is 867. The second-order valence-electron chi connectivity index (χ2n) is 4.34. The van der Waals surface area contributed by atoms with Crippen LogP contribution in [-0.2, 0) is 0 Å². The molecule has 2 aromatic carbocycles. The second-order valence-corrected chi connectivity index (χ2v) is 4.34. The Kier molecular flexibility index (Phi) is 4.78. The van der Waals surface area contributed by atoms with E-state index in [1.54, 1.807) is 0 Å². The lowest BCUT2D eigenvalue weighted by molar-refractivity contribution is -0.394. The Labute approximate surface area is 132 Å². The van der Waals surface area contributed by atoms with Crippen LogP contribution in [0.15, 0.2) is 46.5 Å². The van der Waals surface area contributed by atoms with E-state index >= 15 is 0 Å². The predicted octanol–water partition coefficient (Wildman–Crippen LogP) is 4.33. The van der Waals surface area contributed by atoms with Crippen molar-refractivity contribution in [1.82, 2.24) is 0 Å². The van der Waals surface area contributed by atoms with Gasteiger partial charge in [-0.15, -0.1) is 0 Å². The van der Waals surface area contributed by atoms with Gasteiger partial charge < -0.3 is 0 Å². The largest absolute Gasteiger partial charge is 0.285 e. The first-order valence-corrected chi connectivity index (χ1v) is 6.24. The van der Waals surface area contributed by atoms with Crippen molar-refractivity contribution in [2.45, 2.75) is 0 Å². The summed E-state index contributed by atoms with van der Waals surface area (Å²) >= 11 is 0. The average molecular weight is 330 g/mol. The first-order valence-electron chi connectivity index (χ1n) is 6.24. The van der Waals surface area contributed by atoms with Crippen LogP contribution in [0, 0.1) is 26.0 Å². The number of halogens is 1. The first-order chi connectivity index (χ1) is 11.4. The Morgan fingerprint density at radius 3 is 2.33 bits per heavy atom. The van der Waals surface area contributed by atoms with Crippen LogP contribution < -0.4 is 0 Å². The molecule has 10 nitrogen and oxygen atoms in total. The topological polar surface area (TPSA) is 147 Å². The normalized spacial score (nSPS) is 10.4. The minimum absolute atomic E-state index is 0.201. The molecule has 0 N–H and O–H groups in total. The van der Waals surface area contributed by atoms with Crippen LogP contribution >= 0.6 is 0 Å². The van der Waals surface area contributed by atoms with Crippen molar-refractivity contribution in [3.63, 3.8) is 0 Å². The van der Waals surface area contributed by atoms with E-state index in [2.05, 4.69) is 15.0 Å². The zero-order valence-electron chi connectivity index (χ0n) is 11.7. The van der Waals surface area contributed by atoms with Crippen molar-refractivity contribution >= 4 is 29.0 Å². The van der Waals surface area contributed by atoms with Gasteiger partial charge in [0.05, 0.1) is 32.9 Å². The molecule has 0 aliphatic carbocycles. The van der Waals surface area contributed by atoms with Gasteiger partial charge in [-0.1, -0.05) is 5.11 Å². The Morgan fingerprint density at radius 2 is 1.79 bits per heavy atom. The molecule has 0 aliphatic heterocycles. The van der Waals surface area contributed by atoms with Gasteiger partial charge in [0.2, 0.25) is 0 Å². The van der Waals surface area contributed by atoms with Crippen LogP contribution in [0.4, 0.5) is 27.1 Å². The highest BCUT2D eigenvalue weighted by Gasteiger charge is 2.22. The third-order valence-corrected chi connectivity index (χ3v) is 2.85. The molecule has 0 fully saturated rings. The molecule has 0 saturated carbocycles. The molecule has 24 heavy (non-hydrogen) atoms. The van der Waals surface area contributed by atoms with Crippen LogP contribution in [0.25, 0.3) is 10.4 Å². The molecule has 11 heteroatoms. The van der Waals surface area contributed by atoms with E-state index in [0.29, 0.717) is 0 Å². The summed E-state index contributed by atoms with van der Waals surface area (Å²) in [5.74, 6) is -0.481. The zero-order valence-corrected chi connectivity index (χ0v) is 11.7. The van der Waals surface area contributed by atoms with Gasteiger partial charge in [-0.3, -0.25) is 25.2 Å². The smallest absolute Gasteiger partial charge is 0.258 e. The summed E-state index contributed by atoms with van der Waals surface area (Å²) < 4.78 is 12.8. The predicted molar refractivity (Wildman–Crippen MR) is 82.2 cm³/mol. The fraction of sp³-hybridized carbons (Fsp3) is 0. The molecule has 0 aromatic heterocycles. The maximum absolute atomic E-state index is 12.8. The number of nitro benzene ring substituents is 2. The number of non-ortho nitro benzene ring substituents is 1. The van der Waals surface area contributed by atoms with Crippen molar-refractivity contribution in [2.24, 2.45) is 10.1 Å². The van der Waals surface area contributed by atoms with E-state index in [1.807, 2.05) is 0 Å². The average Bonchev–Trinajstić information content (AvgIpc) is 2.54. The molecule has 2 rings (SSSR count). The number of rotatable bonds is 5. The molecule has 0 bridgehead atoms. The minimum atomic E-state index is -0.852. The van der Waals surface area contributed by atoms with Crippen molar-refractivity contribution in [1.29, 1.82) is 0 Å². The molecule has 0 spiro atoms. The quantitative estimate of drug-likeness (QED) is 0.200. The highest BCUT2D eigenvalue weighted by Crippen LogP contribution is 2.33. The van der Waals surface area contributed by atoms with Crippen molar-refractivity contribution in [3.05, 3.63) is 78.5 Å². The number of benzene rings is 2. The lowest BCUT2D eigenvalue weighted by Gasteiger charge is -2.02. The van der Waals surface area contributed by atoms with Gasteiger partial charge in [-0.05, 0) is 29.8 Å². The Hall–Kier alpha value is -3.85. The van der Waals surface area contributed by atoms with E-state index in [9.17, 15) is 24.6 Å². The van der Waals surface area contributed by atoms with E-state index in [4.69, 9.17) is 5.53 Å². The van der Waals surface area contributed by atoms with Gasteiger partial charge in [0.25, 0.3) is 11.4 Å². The number of nitro groups is 2. The molecular weight excluding hydrogens is 323 g/mol. The second kappa shape index (κ2) is 6.94. The highest BCUT2D eigenvalue weighted by molar-refractivity contribution is 5.94. The third kappa shape index (κ3) is 3.67. The summed E-state index contributed by atoms with van der Waals surface area (Å²) in [5, 5.41) is 25.2. The van der Waals surface area contributed by atoms with Crippen molar-refractivity contribution in [2.75, 3.05) is 0 Å². The molecule has 0 unspecified atom stereocenters. The third-order valence-electron chi connectivity index (χ3n) is 2.85. The van der Waals surface area contributed by atoms with E-state index in [1.165, 1.54) is 12.1 Å². The maximum atomic E-state index is 12.8. The number of aliphatic imine (C=N–C) groups is 1. The zero-order chi connectivity index (χ0) is 17.7. The molecule has 0 atom stereocenters. The molecule has 120 valence electrons. The maximum Gasteiger partial charge on any atom is 0.285 e. The molecular formula is C13H7FN6O4. The van der Waals surface area contributed by atoms with Gasteiger partial charge in [0.15, 0.2) is 0 Å². The van der Waals surface area contributed by atoms with E-state index < -0.39 is 27.0 Å². The summed E-state index contributed by atoms with van der Waals surface area (Å²) in [7, 11) is 0. The SMILES string of the molecule is [N-]=[N+]=Nc1cc([N+](=O)[O-])cc([N+](=O)[O-])c1C=Nc1ccc(F)cc1. The van der Waals surface area contributed by atoms with Gasteiger partial charge in [0.1, 0.15) is 5.82 Å². The standard InChI is InChI=1S/C13H7FN6O4/c14-8-1-3-9(4-2-8)16-7-11-12(17-18-15)5-10(19(21)22)6-13(11)20(23)24/h1-7H. The summed E-state index contributed by atoms with van der Waals surface area (Å²) in [6, 6.07) is 6.59. The number of nitrogens with zero attached hydrogens (tertiary/aromatic N) is 6. The molecule has 0 radical (unpaired) electrons. The number of hydrogen-bond donors (Lipinski definition) is 0. The van der Waals surface area contributed by atoms with Gasteiger partial charge in [-0.2, -0.15) is 0 Å². The van der Waals surface area contributed by atoms with Gasteiger partial charge in [-0.25, -0.2) is 4.39 Å². The summed E-state index contributed by atoms with van der Waals surface area (Å²) in [6.07, 6.45) is 1.03. The van der Waals surface area contributed by atoms with Crippen LogP contribution in [0.2, 0.25) is 0 Å². The lowest BCUT2D eigenvalue weighted by Crippen LogP contribution is -1.98. The fourth-order valence-electron chi connectivity index (χ4n) is 1.79. The molecule has 2 aromatic rings. The van der Waals surface area contributed by atoms with Gasteiger partial charge >= 0.3 is 0 Å². The van der Waals surface area contributed by atoms with Crippen LogP contribution in [0.5, 0.6) is 0 Å². The number of hydrogen-bond acceptors (Lipinski definition) is 6. The highest BCUT2D eigenvalue weighted by atomic mass is 19.1. The van der Waals surface area contributed by atoms with Crippen LogP contribution in [0.1, 0.15) is 5.56 Å². The van der Waals surface area contributed by atoms with Crippen LogP contribution in [-0.4, -0.2) is 16.1 Å². The minimum Gasteiger partial charge on any atom is -0.258 e. The van der Waals surface area contributed by atoms with E-state index in [0.717, 1.165) is 30.5 Å². The summed E-state index contributed by atoms with van der Waals surface area (Å²) in [4.78, 5) is 26.7. The lowest BCUT2D eigenvalue weighted by atomic mass is 10.1. The summed E-state index contributed by atoms with van der Waals surface area (Å²) in [6.45, 7) is 0. The Balaban J connectivity index is 2.61. The fourth-order valence-corrected chi connectivity index (χ4v) is 1.79. The van der Waals surface area contributed by atoms with E-state index in [-0.39, 0.29) is 16.9 Å². The Morgan fingerprint density at radius 1 is 1.12 bits per heavy atom. The summed E-state index contributed by atoms with van der Waals surface area (Å²) in [5.41, 5.74) is 7.09.